The van der Waals surface area contributed by atoms with E-state index in [9.17, 15) is 9.90 Å². The monoisotopic (exact) mass is 397 g/mol. The Hall–Kier alpha value is -3.19. The highest BCUT2D eigenvalue weighted by atomic mass is 16.5. The van der Waals surface area contributed by atoms with Gasteiger partial charge < -0.3 is 29.8 Å². The van der Waals surface area contributed by atoms with Crippen molar-refractivity contribution in [3.63, 3.8) is 0 Å². The second-order valence-electron chi connectivity index (χ2n) is 6.69. The van der Waals surface area contributed by atoms with Crippen molar-refractivity contribution >= 4 is 23.0 Å². The lowest BCUT2D eigenvalue weighted by molar-refractivity contribution is -0.109. The van der Waals surface area contributed by atoms with E-state index in [4.69, 9.17) is 9.47 Å². The molecule has 3 aromatic rings. The van der Waals surface area contributed by atoms with Gasteiger partial charge in [0.05, 0.1) is 6.61 Å². The first kappa shape index (κ1) is 20.5. The van der Waals surface area contributed by atoms with Crippen molar-refractivity contribution in [3.05, 3.63) is 54.2 Å². The quantitative estimate of drug-likeness (QED) is 0.323. The molecule has 0 saturated heterocycles. The summed E-state index contributed by atoms with van der Waals surface area (Å²) in [7, 11) is 1.65. The number of aromatic hydroxyl groups is 1. The number of carbonyl (C=O) groups excluding carboxylic acids is 1. The van der Waals surface area contributed by atoms with Gasteiger partial charge >= 0.3 is 0 Å². The molecule has 0 saturated carbocycles. The topological polar surface area (TPSA) is 86.8 Å². The zero-order valence-corrected chi connectivity index (χ0v) is 16.6. The molecule has 0 aliphatic heterocycles. The van der Waals surface area contributed by atoms with Crippen molar-refractivity contribution < 1.29 is 19.4 Å². The lowest BCUT2D eigenvalue weighted by atomic mass is 10.1. The van der Waals surface area contributed by atoms with Crippen LogP contribution in [0, 0.1) is 0 Å². The van der Waals surface area contributed by atoms with Crippen LogP contribution in [0.15, 0.2) is 48.7 Å². The zero-order valence-electron chi connectivity index (χ0n) is 16.6. The van der Waals surface area contributed by atoms with Crippen LogP contribution in [-0.4, -0.2) is 56.5 Å². The molecule has 0 spiro atoms. The average molecular weight is 397 g/mol. The number of aromatic amines is 1. The summed E-state index contributed by atoms with van der Waals surface area (Å²) in [5.41, 5.74) is 3.26. The van der Waals surface area contributed by atoms with E-state index in [0.29, 0.717) is 32.7 Å². The van der Waals surface area contributed by atoms with Gasteiger partial charge in [0.25, 0.3) is 0 Å². The third kappa shape index (κ3) is 5.65. The number of ether oxygens (including phenoxy) is 2. The second-order valence-corrected chi connectivity index (χ2v) is 6.69. The van der Waals surface area contributed by atoms with Gasteiger partial charge in [-0.15, -0.1) is 0 Å². The Bertz CT molecular complexity index is 908. The summed E-state index contributed by atoms with van der Waals surface area (Å²) in [5.74, 6) is 1.05. The first-order valence-corrected chi connectivity index (χ1v) is 9.64. The Kier molecular flexibility index (Phi) is 7.35. The first-order chi connectivity index (χ1) is 14.2. The van der Waals surface area contributed by atoms with Crippen molar-refractivity contribution in [3.8, 4) is 11.5 Å². The number of hydrogen-bond donors (Lipinski definition) is 3. The number of aromatic nitrogens is 1. The van der Waals surface area contributed by atoms with Gasteiger partial charge in [-0.05, 0) is 54.4 Å². The Morgan fingerprint density at radius 3 is 2.72 bits per heavy atom. The van der Waals surface area contributed by atoms with Gasteiger partial charge in [-0.25, -0.2) is 0 Å². The van der Waals surface area contributed by atoms with Gasteiger partial charge in [-0.3, -0.25) is 4.79 Å². The Morgan fingerprint density at radius 2 is 1.97 bits per heavy atom. The van der Waals surface area contributed by atoms with E-state index in [-0.39, 0.29) is 5.75 Å². The van der Waals surface area contributed by atoms with Crippen LogP contribution in [0.2, 0.25) is 0 Å². The Balaban J connectivity index is 1.72. The fourth-order valence-corrected chi connectivity index (χ4v) is 3.24. The number of carbonyl (C=O) groups is 1. The van der Waals surface area contributed by atoms with Gasteiger partial charge in [0.15, 0.2) is 0 Å². The number of benzene rings is 2. The van der Waals surface area contributed by atoms with E-state index in [1.165, 1.54) is 5.56 Å². The number of methoxy groups -OCH3 is 1. The number of nitrogens with one attached hydrogen (secondary N) is 2. The van der Waals surface area contributed by atoms with Crippen LogP contribution in [0.4, 0.5) is 5.69 Å². The summed E-state index contributed by atoms with van der Waals surface area (Å²) in [6.45, 7) is 3.06. The van der Waals surface area contributed by atoms with E-state index in [1.54, 1.807) is 19.2 Å². The summed E-state index contributed by atoms with van der Waals surface area (Å²) < 4.78 is 10.8. The molecule has 0 radical (unpaired) electrons. The maximum Gasteiger partial charge on any atom is 0.207 e. The number of fused-ring (bicyclic) bond motifs is 1. The van der Waals surface area contributed by atoms with Crippen molar-refractivity contribution in [2.45, 2.75) is 6.42 Å². The Labute approximate surface area is 170 Å². The molecule has 29 heavy (non-hydrogen) atoms. The number of hydrogen-bond acceptors (Lipinski definition) is 5. The summed E-state index contributed by atoms with van der Waals surface area (Å²) in [5, 5.41) is 13.4. The highest BCUT2D eigenvalue weighted by Crippen LogP contribution is 2.25. The largest absolute Gasteiger partial charge is 0.508 e. The summed E-state index contributed by atoms with van der Waals surface area (Å²) >= 11 is 0. The number of phenolic OH excluding ortho intramolecular Hbond substituents is 1. The lowest BCUT2D eigenvalue weighted by Crippen LogP contribution is -2.33. The lowest BCUT2D eigenvalue weighted by Gasteiger charge is -2.24. The molecule has 3 rings (SSSR count). The summed E-state index contributed by atoms with van der Waals surface area (Å²) in [4.78, 5) is 16.1. The highest BCUT2D eigenvalue weighted by molar-refractivity contribution is 5.84. The number of phenols is 1. The molecule has 7 nitrogen and oxygen atoms in total. The number of anilines is 1. The number of amides is 1. The molecule has 1 amide bonds. The van der Waals surface area contributed by atoms with E-state index >= 15 is 0 Å². The average Bonchev–Trinajstić information content (AvgIpc) is 3.14. The Morgan fingerprint density at radius 1 is 1.14 bits per heavy atom. The molecular weight excluding hydrogens is 370 g/mol. The SMILES string of the molecule is COCCOc1ccc2[nH]cc(CCN(CCNC=O)c3ccc(O)cc3)c2c1. The van der Waals surface area contributed by atoms with Crippen LogP contribution in [0.25, 0.3) is 10.9 Å². The standard InChI is InChI=1S/C22H27N3O4/c1-28-12-13-29-20-6-7-22-21(14-20)17(15-24-22)8-10-25(11-9-23-16-26)18-2-4-19(27)5-3-18/h2-7,14-16,24,27H,8-13H2,1H3,(H,23,26). The smallest absolute Gasteiger partial charge is 0.207 e. The molecule has 0 unspecified atom stereocenters. The minimum absolute atomic E-state index is 0.234. The molecule has 0 aliphatic rings. The van der Waals surface area contributed by atoms with Crippen LogP contribution in [0.3, 0.4) is 0 Å². The van der Waals surface area contributed by atoms with Gasteiger partial charge in [-0.1, -0.05) is 0 Å². The minimum Gasteiger partial charge on any atom is -0.508 e. The number of nitrogens with zero attached hydrogens (tertiary/aromatic N) is 1. The molecule has 1 aromatic heterocycles. The predicted octanol–water partition coefficient (Wildman–Crippen LogP) is 2.69. The maximum absolute atomic E-state index is 10.6. The maximum atomic E-state index is 10.6. The minimum atomic E-state index is 0.234. The van der Waals surface area contributed by atoms with Crippen molar-refractivity contribution in [2.24, 2.45) is 0 Å². The van der Waals surface area contributed by atoms with Crippen molar-refractivity contribution in [2.75, 3.05) is 44.9 Å². The number of H-pyrrole nitrogens is 1. The molecule has 3 N–H and O–H groups in total. The van der Waals surface area contributed by atoms with E-state index < -0.39 is 0 Å². The molecule has 7 heteroatoms. The molecule has 2 aromatic carbocycles. The van der Waals surface area contributed by atoms with Crippen LogP contribution in [-0.2, 0) is 16.0 Å². The van der Waals surface area contributed by atoms with Gasteiger partial charge in [0.2, 0.25) is 6.41 Å². The first-order valence-electron chi connectivity index (χ1n) is 9.64. The molecule has 0 atom stereocenters. The third-order valence-electron chi connectivity index (χ3n) is 4.77. The van der Waals surface area contributed by atoms with Crippen molar-refractivity contribution in [1.82, 2.24) is 10.3 Å². The van der Waals surface area contributed by atoms with Crippen molar-refractivity contribution in [1.29, 1.82) is 0 Å². The van der Waals surface area contributed by atoms with Crippen LogP contribution in [0.5, 0.6) is 11.5 Å². The summed E-state index contributed by atoms with van der Waals surface area (Å²) in [6, 6.07) is 13.1. The number of rotatable bonds is 12. The van der Waals surface area contributed by atoms with Gasteiger partial charge in [-0.2, -0.15) is 0 Å². The summed E-state index contributed by atoms with van der Waals surface area (Å²) in [6.07, 6.45) is 3.56. The van der Waals surface area contributed by atoms with E-state index in [2.05, 4.69) is 21.3 Å². The second kappa shape index (κ2) is 10.4. The van der Waals surface area contributed by atoms with Gasteiger partial charge in [0.1, 0.15) is 18.1 Å². The fraction of sp³-hybridized carbons (Fsp3) is 0.318. The molecule has 154 valence electrons. The molecule has 1 heterocycles. The van der Waals surface area contributed by atoms with Crippen LogP contribution in [0.1, 0.15) is 5.56 Å². The van der Waals surface area contributed by atoms with E-state index in [0.717, 1.165) is 35.3 Å². The highest BCUT2D eigenvalue weighted by Gasteiger charge is 2.10. The molecular formula is C22H27N3O4. The van der Waals surface area contributed by atoms with E-state index in [1.807, 2.05) is 30.5 Å². The molecule has 0 aliphatic carbocycles. The van der Waals surface area contributed by atoms with Crippen LogP contribution < -0.4 is 15.0 Å². The molecule has 0 fully saturated rings. The zero-order chi connectivity index (χ0) is 20.5. The predicted molar refractivity (Wildman–Crippen MR) is 114 cm³/mol. The third-order valence-corrected chi connectivity index (χ3v) is 4.77. The fourth-order valence-electron chi connectivity index (χ4n) is 3.24. The van der Waals surface area contributed by atoms with Gasteiger partial charge in [0, 0.05) is 49.5 Å². The normalized spacial score (nSPS) is 10.8. The van der Waals surface area contributed by atoms with Crippen LogP contribution >= 0.6 is 0 Å². The molecule has 0 bridgehead atoms.